The van der Waals surface area contributed by atoms with Gasteiger partial charge in [-0.25, -0.2) is 9.67 Å². The Balaban J connectivity index is 1.49. The zero-order valence-corrected chi connectivity index (χ0v) is 17.8. The first-order valence-corrected chi connectivity index (χ1v) is 10.6. The summed E-state index contributed by atoms with van der Waals surface area (Å²) in [6.45, 7) is 5.42. The molecule has 10 heteroatoms. The molecule has 9 nitrogen and oxygen atoms in total. The molecular formula is C19H21BrN8O. The van der Waals surface area contributed by atoms with E-state index in [-0.39, 0.29) is 0 Å². The lowest BCUT2D eigenvalue weighted by atomic mass is 10.3. The molecule has 0 saturated heterocycles. The highest BCUT2D eigenvalue weighted by Gasteiger charge is 2.23. The quantitative estimate of drug-likeness (QED) is 0.433. The Labute approximate surface area is 175 Å². The summed E-state index contributed by atoms with van der Waals surface area (Å²) in [6.07, 6.45) is 5.13. The van der Waals surface area contributed by atoms with Crippen LogP contribution in [0.1, 0.15) is 32.4 Å². The average molecular weight is 457 g/mol. The van der Waals surface area contributed by atoms with Gasteiger partial charge in [0.1, 0.15) is 11.2 Å². The number of ether oxygens (including phenoxy) is 1. The molecule has 0 aromatic carbocycles. The maximum Gasteiger partial charge on any atom is 0.232 e. The predicted molar refractivity (Wildman–Crippen MR) is 113 cm³/mol. The van der Waals surface area contributed by atoms with Gasteiger partial charge in [0, 0.05) is 12.2 Å². The van der Waals surface area contributed by atoms with E-state index in [4.69, 9.17) is 4.74 Å². The number of rotatable bonds is 7. The van der Waals surface area contributed by atoms with E-state index in [2.05, 4.69) is 58.4 Å². The fraction of sp³-hybridized carbons (Fsp3) is 0.421. The monoisotopic (exact) mass is 456 g/mol. The van der Waals surface area contributed by atoms with Crippen molar-refractivity contribution in [2.45, 2.75) is 39.7 Å². The third-order valence-electron chi connectivity index (χ3n) is 5.00. The fourth-order valence-corrected chi connectivity index (χ4v) is 4.08. The van der Waals surface area contributed by atoms with Crippen molar-refractivity contribution >= 4 is 49.8 Å². The molecule has 0 bridgehead atoms. The molecule has 29 heavy (non-hydrogen) atoms. The summed E-state index contributed by atoms with van der Waals surface area (Å²) >= 11 is 3.64. The van der Waals surface area contributed by atoms with Crippen LogP contribution in [0.3, 0.4) is 0 Å². The van der Waals surface area contributed by atoms with E-state index in [0.29, 0.717) is 24.4 Å². The number of hydrogen-bond donors (Lipinski definition) is 2. The normalized spacial score (nSPS) is 14.0. The van der Waals surface area contributed by atoms with Gasteiger partial charge in [0.05, 0.1) is 28.4 Å². The van der Waals surface area contributed by atoms with Gasteiger partial charge >= 0.3 is 0 Å². The summed E-state index contributed by atoms with van der Waals surface area (Å²) in [7, 11) is 0. The summed E-state index contributed by atoms with van der Waals surface area (Å²) in [4.78, 5) is 17.1. The minimum atomic E-state index is 0.434. The van der Waals surface area contributed by atoms with Crippen LogP contribution in [0.15, 0.2) is 16.7 Å². The van der Waals surface area contributed by atoms with E-state index in [1.54, 1.807) is 6.20 Å². The highest BCUT2D eigenvalue weighted by Crippen LogP contribution is 2.35. The van der Waals surface area contributed by atoms with Gasteiger partial charge in [-0.05, 0) is 54.1 Å². The summed E-state index contributed by atoms with van der Waals surface area (Å²) in [5, 5.41) is 12.6. The second-order valence-electron chi connectivity index (χ2n) is 7.19. The molecule has 4 aromatic rings. The van der Waals surface area contributed by atoms with Crippen molar-refractivity contribution in [1.29, 1.82) is 0 Å². The Hall–Kier alpha value is -2.75. The Kier molecular flexibility index (Phi) is 4.57. The van der Waals surface area contributed by atoms with E-state index in [1.165, 1.54) is 12.8 Å². The number of anilines is 2. The molecule has 1 aliphatic carbocycles. The van der Waals surface area contributed by atoms with Crippen LogP contribution < -0.4 is 10.1 Å². The van der Waals surface area contributed by atoms with Crippen LogP contribution in [0.2, 0.25) is 0 Å². The lowest BCUT2D eigenvalue weighted by Crippen LogP contribution is -2.04. The van der Waals surface area contributed by atoms with Crippen LogP contribution in [0, 0.1) is 5.92 Å². The number of hydrogen-bond acceptors (Lipinski definition) is 7. The fourth-order valence-electron chi connectivity index (χ4n) is 3.35. The van der Waals surface area contributed by atoms with Crippen LogP contribution in [0.4, 0.5) is 11.6 Å². The smallest absolute Gasteiger partial charge is 0.232 e. The van der Waals surface area contributed by atoms with Crippen molar-refractivity contribution in [1.82, 2.24) is 34.9 Å². The molecule has 150 valence electrons. The second-order valence-corrected chi connectivity index (χ2v) is 7.98. The van der Waals surface area contributed by atoms with Crippen molar-refractivity contribution in [2.75, 3.05) is 11.9 Å². The number of aryl methyl sites for hydroxylation is 1. The summed E-state index contributed by atoms with van der Waals surface area (Å²) in [5.41, 5.74) is 4.08. The van der Waals surface area contributed by atoms with Gasteiger partial charge in [0.2, 0.25) is 11.8 Å². The van der Waals surface area contributed by atoms with Gasteiger partial charge < -0.3 is 15.0 Å². The SMILES string of the molecule is CCOc1nc(Nc2cnc3c(c2)nnn3CC2CC2)nc2[nH]c(CC)c(Br)c12. The van der Waals surface area contributed by atoms with Crippen LogP contribution in [0.5, 0.6) is 5.88 Å². The number of H-pyrrole nitrogens is 1. The molecule has 4 heterocycles. The van der Waals surface area contributed by atoms with Gasteiger partial charge in [0.25, 0.3) is 0 Å². The zero-order chi connectivity index (χ0) is 20.0. The highest BCUT2D eigenvalue weighted by molar-refractivity contribution is 9.10. The highest BCUT2D eigenvalue weighted by atomic mass is 79.9. The molecule has 0 radical (unpaired) electrons. The Bertz CT molecular complexity index is 1200. The minimum absolute atomic E-state index is 0.434. The first-order chi connectivity index (χ1) is 14.2. The number of aromatic nitrogens is 7. The first kappa shape index (κ1) is 18.3. The molecule has 2 N–H and O–H groups in total. The molecule has 1 aliphatic rings. The van der Waals surface area contributed by atoms with E-state index < -0.39 is 0 Å². The number of pyridine rings is 1. The number of nitrogens with zero attached hydrogens (tertiary/aromatic N) is 6. The van der Waals surface area contributed by atoms with Crippen LogP contribution in [0.25, 0.3) is 22.2 Å². The van der Waals surface area contributed by atoms with E-state index in [0.717, 1.165) is 51.0 Å². The summed E-state index contributed by atoms with van der Waals surface area (Å²) < 4.78 is 8.60. The van der Waals surface area contributed by atoms with Gasteiger partial charge in [0.15, 0.2) is 5.65 Å². The third-order valence-corrected chi connectivity index (χ3v) is 5.88. The maximum absolute atomic E-state index is 5.77. The zero-order valence-electron chi connectivity index (χ0n) is 16.2. The molecule has 1 saturated carbocycles. The second kappa shape index (κ2) is 7.25. The minimum Gasteiger partial charge on any atom is -0.477 e. The number of nitrogens with one attached hydrogen (secondary N) is 2. The van der Waals surface area contributed by atoms with E-state index in [9.17, 15) is 0 Å². The molecule has 0 spiro atoms. The number of fused-ring (bicyclic) bond motifs is 2. The van der Waals surface area contributed by atoms with E-state index >= 15 is 0 Å². The Morgan fingerprint density at radius 1 is 1.31 bits per heavy atom. The van der Waals surface area contributed by atoms with Crippen molar-refractivity contribution in [2.24, 2.45) is 5.92 Å². The van der Waals surface area contributed by atoms with Crippen molar-refractivity contribution in [3.05, 3.63) is 22.4 Å². The first-order valence-electron chi connectivity index (χ1n) is 9.83. The molecule has 0 aliphatic heterocycles. The predicted octanol–water partition coefficient (Wildman–Crippen LogP) is 3.97. The standard InChI is InChI=1S/C19H21BrN8O/c1-3-12-15(20)14-16(23-12)24-19(25-18(14)29-4-2)22-11-7-13-17(21-8-11)28(27-26-13)9-10-5-6-10/h7-8,10H,3-6,9H2,1-2H3,(H2,22,23,24,25). The molecule has 5 rings (SSSR count). The van der Waals surface area contributed by atoms with Crippen molar-refractivity contribution in [3.63, 3.8) is 0 Å². The lowest BCUT2D eigenvalue weighted by molar-refractivity contribution is 0.331. The topological polar surface area (TPSA) is 106 Å². The lowest BCUT2D eigenvalue weighted by Gasteiger charge is -2.08. The van der Waals surface area contributed by atoms with Crippen molar-refractivity contribution < 1.29 is 4.74 Å². The van der Waals surface area contributed by atoms with E-state index in [1.807, 2.05) is 17.7 Å². The van der Waals surface area contributed by atoms with Crippen molar-refractivity contribution in [3.8, 4) is 5.88 Å². The summed E-state index contributed by atoms with van der Waals surface area (Å²) in [6, 6.07) is 1.91. The van der Waals surface area contributed by atoms with Crippen LogP contribution in [-0.4, -0.2) is 41.5 Å². The summed E-state index contributed by atoms with van der Waals surface area (Å²) in [5.74, 6) is 1.68. The molecule has 4 aromatic heterocycles. The molecular weight excluding hydrogens is 436 g/mol. The van der Waals surface area contributed by atoms with Gasteiger partial charge in [-0.3, -0.25) is 0 Å². The largest absolute Gasteiger partial charge is 0.477 e. The molecule has 0 atom stereocenters. The number of halogens is 1. The Morgan fingerprint density at radius 3 is 2.93 bits per heavy atom. The maximum atomic E-state index is 5.77. The Morgan fingerprint density at radius 2 is 2.17 bits per heavy atom. The number of aromatic amines is 1. The van der Waals surface area contributed by atoms with Gasteiger partial charge in [-0.15, -0.1) is 5.10 Å². The average Bonchev–Trinajstić information content (AvgIpc) is 3.36. The van der Waals surface area contributed by atoms with Gasteiger partial charge in [-0.2, -0.15) is 9.97 Å². The molecule has 0 unspecified atom stereocenters. The van der Waals surface area contributed by atoms with Crippen LogP contribution in [-0.2, 0) is 13.0 Å². The third kappa shape index (κ3) is 3.41. The molecule has 1 fully saturated rings. The molecule has 0 amide bonds. The van der Waals surface area contributed by atoms with Crippen LogP contribution >= 0.6 is 15.9 Å². The van der Waals surface area contributed by atoms with Gasteiger partial charge in [-0.1, -0.05) is 12.1 Å².